The van der Waals surface area contributed by atoms with Crippen LogP contribution in [0.5, 0.6) is 0 Å². The van der Waals surface area contributed by atoms with E-state index < -0.39 is 11.9 Å². The van der Waals surface area contributed by atoms with E-state index >= 15 is 0 Å². The number of benzene rings is 1. The highest BCUT2D eigenvalue weighted by molar-refractivity contribution is 5.99. The van der Waals surface area contributed by atoms with Crippen molar-refractivity contribution in [1.82, 2.24) is 15.1 Å². The van der Waals surface area contributed by atoms with Crippen molar-refractivity contribution in [1.29, 1.82) is 0 Å². The summed E-state index contributed by atoms with van der Waals surface area (Å²) in [6.07, 6.45) is 3.49. The molecule has 3 rings (SSSR count). The zero-order valence-corrected chi connectivity index (χ0v) is 13.7. The summed E-state index contributed by atoms with van der Waals surface area (Å²) in [4.78, 5) is 24.9. The molecule has 128 valence electrons. The van der Waals surface area contributed by atoms with Gasteiger partial charge in [-0.25, -0.2) is 0 Å². The fraction of sp³-hybridized carbons (Fsp3) is 0.167. The summed E-state index contributed by atoms with van der Waals surface area (Å²) < 4.78 is 6.67. The molecule has 25 heavy (non-hydrogen) atoms. The number of hydrogen-bond donors (Lipinski definition) is 2. The van der Waals surface area contributed by atoms with Crippen molar-refractivity contribution >= 4 is 17.6 Å². The van der Waals surface area contributed by atoms with Gasteiger partial charge in [0.05, 0.1) is 6.26 Å². The monoisotopic (exact) mass is 338 g/mol. The van der Waals surface area contributed by atoms with Crippen LogP contribution in [0, 0.1) is 0 Å². The van der Waals surface area contributed by atoms with E-state index in [4.69, 9.17) is 4.42 Å². The Morgan fingerprint density at radius 3 is 2.60 bits per heavy atom. The average Bonchev–Trinajstić information content (AvgIpc) is 3.27. The standard InChI is InChI=1S/C18H18N4O3/c1-22-10-9-16(21-22)20-17(23)14(12-13-6-3-2-4-7-13)19-18(24)15-8-5-11-25-15/h2-11,14H,12H2,1H3,(H,19,24)(H,20,21,23). The molecule has 0 aliphatic heterocycles. The van der Waals surface area contributed by atoms with Gasteiger partial charge in [0, 0.05) is 25.7 Å². The first kappa shape index (κ1) is 16.5. The molecule has 2 aromatic heterocycles. The number of furan rings is 1. The van der Waals surface area contributed by atoms with E-state index in [1.807, 2.05) is 30.3 Å². The Morgan fingerprint density at radius 1 is 1.16 bits per heavy atom. The van der Waals surface area contributed by atoms with Crippen LogP contribution in [-0.2, 0) is 18.3 Å². The van der Waals surface area contributed by atoms with Crippen molar-refractivity contribution < 1.29 is 14.0 Å². The Morgan fingerprint density at radius 2 is 1.96 bits per heavy atom. The predicted molar refractivity (Wildman–Crippen MR) is 91.9 cm³/mol. The minimum Gasteiger partial charge on any atom is -0.459 e. The van der Waals surface area contributed by atoms with E-state index in [1.54, 1.807) is 36.1 Å². The molecule has 0 aliphatic rings. The molecule has 0 saturated heterocycles. The maximum absolute atomic E-state index is 12.6. The van der Waals surface area contributed by atoms with Crippen molar-refractivity contribution in [3.8, 4) is 0 Å². The van der Waals surface area contributed by atoms with E-state index in [-0.39, 0.29) is 11.7 Å². The summed E-state index contributed by atoms with van der Waals surface area (Å²) in [6, 6.07) is 13.6. The lowest BCUT2D eigenvalue weighted by Crippen LogP contribution is -2.45. The highest BCUT2D eigenvalue weighted by atomic mass is 16.3. The Kier molecular flexibility index (Phi) is 4.94. The number of rotatable bonds is 6. The van der Waals surface area contributed by atoms with Crippen LogP contribution in [0.1, 0.15) is 16.1 Å². The highest BCUT2D eigenvalue weighted by Crippen LogP contribution is 2.09. The minimum atomic E-state index is -0.762. The lowest BCUT2D eigenvalue weighted by Gasteiger charge is -2.17. The number of anilines is 1. The number of nitrogens with zero attached hydrogens (tertiary/aromatic N) is 2. The molecule has 0 fully saturated rings. The molecule has 0 radical (unpaired) electrons. The molecule has 7 heteroatoms. The quantitative estimate of drug-likeness (QED) is 0.719. The zero-order chi connectivity index (χ0) is 17.6. The average molecular weight is 338 g/mol. The summed E-state index contributed by atoms with van der Waals surface area (Å²) in [5.74, 6) is -0.203. The molecule has 2 N–H and O–H groups in total. The molecule has 2 amide bonds. The first-order valence-electron chi connectivity index (χ1n) is 7.80. The number of carbonyl (C=O) groups is 2. The van der Waals surface area contributed by atoms with Crippen molar-refractivity contribution in [2.24, 2.45) is 7.05 Å². The number of amides is 2. The number of aryl methyl sites for hydroxylation is 1. The van der Waals surface area contributed by atoms with E-state index in [1.165, 1.54) is 6.26 Å². The molecule has 1 unspecified atom stereocenters. The maximum atomic E-state index is 12.6. The van der Waals surface area contributed by atoms with Gasteiger partial charge in [0.15, 0.2) is 11.6 Å². The molecule has 0 spiro atoms. The Hall–Kier alpha value is -3.35. The first-order valence-corrected chi connectivity index (χ1v) is 7.80. The summed E-state index contributed by atoms with van der Waals surface area (Å²) in [7, 11) is 1.76. The third kappa shape index (κ3) is 4.35. The third-order valence-corrected chi connectivity index (χ3v) is 3.61. The smallest absolute Gasteiger partial charge is 0.287 e. The number of nitrogens with one attached hydrogen (secondary N) is 2. The molecule has 3 aromatic rings. The van der Waals surface area contributed by atoms with Gasteiger partial charge < -0.3 is 15.1 Å². The van der Waals surface area contributed by atoms with Gasteiger partial charge in [-0.3, -0.25) is 14.3 Å². The van der Waals surface area contributed by atoms with E-state index in [2.05, 4.69) is 15.7 Å². The van der Waals surface area contributed by atoms with Crippen LogP contribution in [0.2, 0.25) is 0 Å². The molecule has 1 atom stereocenters. The number of carbonyl (C=O) groups excluding carboxylic acids is 2. The SMILES string of the molecule is Cn1ccc(NC(=O)C(Cc2ccccc2)NC(=O)c2ccco2)n1. The number of hydrogen-bond acceptors (Lipinski definition) is 4. The van der Waals surface area contributed by atoms with Gasteiger partial charge >= 0.3 is 0 Å². The van der Waals surface area contributed by atoms with Crippen molar-refractivity contribution in [3.05, 3.63) is 72.3 Å². The molecule has 0 bridgehead atoms. The zero-order valence-electron chi connectivity index (χ0n) is 13.7. The van der Waals surface area contributed by atoms with Crippen molar-refractivity contribution in [2.75, 3.05) is 5.32 Å². The van der Waals surface area contributed by atoms with Crippen molar-refractivity contribution in [3.63, 3.8) is 0 Å². The predicted octanol–water partition coefficient (Wildman–Crippen LogP) is 1.99. The Balaban J connectivity index is 1.75. The van der Waals surface area contributed by atoms with Crippen LogP contribution in [0.4, 0.5) is 5.82 Å². The van der Waals surface area contributed by atoms with Crippen LogP contribution < -0.4 is 10.6 Å². The molecule has 0 saturated carbocycles. The normalized spacial score (nSPS) is 11.7. The second kappa shape index (κ2) is 7.48. The second-order valence-electron chi connectivity index (χ2n) is 5.56. The maximum Gasteiger partial charge on any atom is 0.287 e. The van der Waals surface area contributed by atoms with Gasteiger partial charge in [0.1, 0.15) is 6.04 Å². The topological polar surface area (TPSA) is 89.2 Å². The van der Waals surface area contributed by atoms with Gasteiger partial charge in [-0.15, -0.1) is 0 Å². The summed E-state index contributed by atoms with van der Waals surface area (Å²) >= 11 is 0. The van der Waals surface area contributed by atoms with Gasteiger partial charge in [-0.1, -0.05) is 30.3 Å². The summed E-state index contributed by atoms with van der Waals surface area (Å²) in [5, 5.41) is 9.56. The van der Waals surface area contributed by atoms with E-state index in [0.29, 0.717) is 12.2 Å². The third-order valence-electron chi connectivity index (χ3n) is 3.61. The van der Waals surface area contributed by atoms with Crippen LogP contribution in [0.3, 0.4) is 0 Å². The first-order chi connectivity index (χ1) is 12.1. The van der Waals surface area contributed by atoms with Gasteiger partial charge in [-0.2, -0.15) is 5.10 Å². The Labute approximate surface area is 144 Å². The van der Waals surface area contributed by atoms with Gasteiger partial charge in [-0.05, 0) is 17.7 Å². The molecular formula is C18H18N4O3. The van der Waals surface area contributed by atoms with Crippen LogP contribution in [0.15, 0.2) is 65.4 Å². The molecule has 1 aromatic carbocycles. The second-order valence-corrected chi connectivity index (χ2v) is 5.56. The summed E-state index contributed by atoms with van der Waals surface area (Å²) in [5.41, 5.74) is 0.934. The van der Waals surface area contributed by atoms with E-state index in [9.17, 15) is 9.59 Å². The molecule has 7 nitrogen and oxygen atoms in total. The molecule has 2 heterocycles. The van der Waals surface area contributed by atoms with Crippen LogP contribution in [-0.4, -0.2) is 27.6 Å². The molecular weight excluding hydrogens is 320 g/mol. The minimum absolute atomic E-state index is 0.156. The largest absolute Gasteiger partial charge is 0.459 e. The van der Waals surface area contributed by atoms with Gasteiger partial charge in [0.25, 0.3) is 5.91 Å². The molecule has 0 aliphatic carbocycles. The lowest BCUT2D eigenvalue weighted by atomic mass is 10.1. The van der Waals surface area contributed by atoms with Gasteiger partial charge in [0.2, 0.25) is 5.91 Å². The van der Waals surface area contributed by atoms with Crippen LogP contribution >= 0.6 is 0 Å². The van der Waals surface area contributed by atoms with E-state index in [0.717, 1.165) is 5.56 Å². The van der Waals surface area contributed by atoms with Crippen molar-refractivity contribution in [2.45, 2.75) is 12.5 Å². The fourth-order valence-electron chi connectivity index (χ4n) is 2.39. The highest BCUT2D eigenvalue weighted by Gasteiger charge is 2.23. The lowest BCUT2D eigenvalue weighted by molar-refractivity contribution is -0.118. The summed E-state index contributed by atoms with van der Waals surface area (Å²) in [6.45, 7) is 0. The van der Waals surface area contributed by atoms with Crippen LogP contribution in [0.25, 0.3) is 0 Å². The Bertz CT molecular complexity index is 840. The fourth-order valence-corrected chi connectivity index (χ4v) is 2.39. The number of aromatic nitrogens is 2.